The average molecular weight is 525 g/mol. The van der Waals surface area contributed by atoms with Crippen molar-refractivity contribution >= 4 is 29.2 Å². The first-order valence-corrected chi connectivity index (χ1v) is 12.1. The van der Waals surface area contributed by atoms with Gasteiger partial charge in [-0.15, -0.1) is 0 Å². The number of amides is 2. The molecule has 1 saturated carbocycles. The number of hydrogen-bond acceptors (Lipinski definition) is 5. The molecule has 2 amide bonds. The molecule has 0 bridgehead atoms. The van der Waals surface area contributed by atoms with Crippen LogP contribution in [0, 0.1) is 6.92 Å². The van der Waals surface area contributed by atoms with Gasteiger partial charge in [0.25, 0.3) is 0 Å². The summed E-state index contributed by atoms with van der Waals surface area (Å²) in [6.07, 6.45) is -0.885. The first-order chi connectivity index (χ1) is 18.0. The molecule has 7 nitrogen and oxygen atoms in total. The van der Waals surface area contributed by atoms with Gasteiger partial charge in [0.2, 0.25) is 5.91 Å². The van der Waals surface area contributed by atoms with E-state index >= 15 is 0 Å². The summed E-state index contributed by atoms with van der Waals surface area (Å²) in [5.41, 5.74) is 0.886. The van der Waals surface area contributed by atoms with Crippen molar-refractivity contribution in [3.63, 3.8) is 0 Å². The summed E-state index contributed by atoms with van der Waals surface area (Å²) in [6.45, 7) is 1.16. The minimum absolute atomic E-state index is 0.251. The highest BCUT2D eigenvalue weighted by atomic mass is 19.4. The molecule has 1 aliphatic rings. The van der Waals surface area contributed by atoms with Crippen molar-refractivity contribution in [3.8, 4) is 11.1 Å². The maximum absolute atomic E-state index is 13.4. The lowest BCUT2D eigenvalue weighted by molar-refractivity contribution is -0.242. The van der Waals surface area contributed by atoms with E-state index in [1.165, 1.54) is 12.8 Å². The molecule has 0 atom stereocenters. The van der Waals surface area contributed by atoms with E-state index in [-0.39, 0.29) is 16.8 Å². The van der Waals surface area contributed by atoms with Crippen LogP contribution in [-0.2, 0) is 11.0 Å². The van der Waals surface area contributed by atoms with Gasteiger partial charge < -0.3 is 20.5 Å². The summed E-state index contributed by atoms with van der Waals surface area (Å²) in [7, 11) is 0. The summed E-state index contributed by atoms with van der Waals surface area (Å²) >= 11 is 0. The van der Waals surface area contributed by atoms with Crippen molar-refractivity contribution in [1.82, 2.24) is 4.98 Å². The van der Waals surface area contributed by atoms with Gasteiger partial charge in [-0.2, -0.15) is 13.2 Å². The standard InChI is InChI=1S/C28H26F3N3O4/c1-16-11-23(34-27(37)38)24(14-21(16)28(29,30)31)33-26(36)15-25(35)20-8-4-7-18(12-20)19-9-10-32-22(13-19)17-5-2-3-6-17/h4,7-14,17,34H,2-3,5-6,15H2,1H3,(H,33,36)(H,37,38)/p-1. The van der Waals surface area contributed by atoms with Crippen LogP contribution in [0.4, 0.5) is 29.3 Å². The van der Waals surface area contributed by atoms with Crippen molar-refractivity contribution in [3.05, 3.63) is 77.1 Å². The van der Waals surface area contributed by atoms with E-state index in [1.807, 2.05) is 23.5 Å². The van der Waals surface area contributed by atoms with Gasteiger partial charge in [-0.3, -0.25) is 14.6 Å². The predicted octanol–water partition coefficient (Wildman–Crippen LogP) is 5.70. The number of carbonyl (C=O) groups is 3. The summed E-state index contributed by atoms with van der Waals surface area (Å²) < 4.78 is 40.1. The number of anilines is 2. The van der Waals surface area contributed by atoms with Gasteiger partial charge in [-0.1, -0.05) is 31.0 Å². The van der Waals surface area contributed by atoms with Crippen LogP contribution in [0.2, 0.25) is 0 Å². The molecule has 38 heavy (non-hydrogen) atoms. The van der Waals surface area contributed by atoms with Gasteiger partial charge in [-0.25, -0.2) is 0 Å². The third-order valence-corrected chi connectivity index (χ3v) is 6.57. The molecule has 1 heterocycles. The number of halogens is 3. The van der Waals surface area contributed by atoms with E-state index in [1.54, 1.807) is 24.4 Å². The Bertz CT molecular complexity index is 1380. The largest absolute Gasteiger partial charge is 0.530 e. The topological polar surface area (TPSA) is 111 Å². The number of benzene rings is 2. The van der Waals surface area contributed by atoms with Crippen LogP contribution < -0.4 is 15.7 Å². The van der Waals surface area contributed by atoms with Gasteiger partial charge in [0.05, 0.1) is 23.4 Å². The third kappa shape index (κ3) is 6.37. The van der Waals surface area contributed by atoms with E-state index < -0.39 is 41.6 Å². The van der Waals surface area contributed by atoms with Crippen molar-refractivity contribution in [2.75, 3.05) is 10.6 Å². The zero-order chi connectivity index (χ0) is 27.4. The van der Waals surface area contributed by atoms with E-state index in [0.717, 1.165) is 42.7 Å². The second-order valence-corrected chi connectivity index (χ2v) is 9.30. The Morgan fingerprint density at radius 1 is 0.974 bits per heavy atom. The van der Waals surface area contributed by atoms with Crippen LogP contribution in [0.3, 0.4) is 0 Å². The molecule has 4 rings (SSSR count). The highest BCUT2D eigenvalue weighted by Crippen LogP contribution is 2.37. The SMILES string of the molecule is Cc1cc(NC(=O)[O-])c(NC(=O)CC(=O)c2cccc(-c3ccnc(C4CCCC4)c3)c2)cc1C(F)(F)F. The number of nitrogens with one attached hydrogen (secondary N) is 2. The van der Waals surface area contributed by atoms with Crippen LogP contribution in [-0.4, -0.2) is 22.8 Å². The number of pyridine rings is 1. The van der Waals surface area contributed by atoms with E-state index in [4.69, 9.17) is 0 Å². The molecule has 0 unspecified atom stereocenters. The Morgan fingerprint density at radius 3 is 2.34 bits per heavy atom. The Balaban J connectivity index is 1.52. The van der Waals surface area contributed by atoms with Crippen molar-refractivity contribution < 1.29 is 32.7 Å². The van der Waals surface area contributed by atoms with Crippen LogP contribution in [0.1, 0.15) is 65.2 Å². The molecule has 0 radical (unpaired) electrons. The van der Waals surface area contributed by atoms with Gasteiger partial charge in [0.15, 0.2) is 5.78 Å². The van der Waals surface area contributed by atoms with E-state index in [9.17, 15) is 32.7 Å². The zero-order valence-electron chi connectivity index (χ0n) is 20.5. The lowest BCUT2D eigenvalue weighted by atomic mass is 9.97. The van der Waals surface area contributed by atoms with Gasteiger partial charge >= 0.3 is 6.18 Å². The molecule has 0 saturated heterocycles. The molecule has 0 spiro atoms. The number of alkyl halides is 3. The van der Waals surface area contributed by atoms with Crippen molar-refractivity contribution in [1.29, 1.82) is 0 Å². The van der Waals surface area contributed by atoms with Crippen LogP contribution >= 0.6 is 0 Å². The number of nitrogens with zero attached hydrogens (tertiary/aromatic N) is 1. The van der Waals surface area contributed by atoms with Crippen LogP contribution in [0.15, 0.2) is 54.7 Å². The molecule has 1 fully saturated rings. The zero-order valence-corrected chi connectivity index (χ0v) is 20.5. The summed E-state index contributed by atoms with van der Waals surface area (Å²) in [5, 5.41) is 15.1. The fraction of sp³-hybridized carbons (Fsp3) is 0.286. The second kappa shape index (κ2) is 11.0. The number of rotatable bonds is 7. The molecule has 2 N–H and O–H groups in total. The molecule has 10 heteroatoms. The molecule has 3 aromatic rings. The fourth-order valence-corrected chi connectivity index (χ4v) is 4.72. The van der Waals surface area contributed by atoms with Gasteiger partial charge in [-0.05, 0) is 66.8 Å². The molecular weight excluding hydrogens is 499 g/mol. The number of carbonyl (C=O) groups excluding carboxylic acids is 3. The molecule has 1 aliphatic carbocycles. The van der Waals surface area contributed by atoms with Gasteiger partial charge in [0.1, 0.15) is 6.09 Å². The van der Waals surface area contributed by atoms with Crippen molar-refractivity contribution in [2.24, 2.45) is 0 Å². The number of ketones is 1. The van der Waals surface area contributed by atoms with E-state index in [0.29, 0.717) is 12.0 Å². The predicted molar refractivity (Wildman–Crippen MR) is 134 cm³/mol. The van der Waals surface area contributed by atoms with Crippen LogP contribution in [0.25, 0.3) is 11.1 Å². The molecule has 0 aliphatic heterocycles. The monoisotopic (exact) mass is 524 g/mol. The summed E-state index contributed by atoms with van der Waals surface area (Å²) in [4.78, 5) is 41.0. The first-order valence-electron chi connectivity index (χ1n) is 12.1. The lowest BCUT2D eigenvalue weighted by Crippen LogP contribution is -2.29. The number of Topliss-reactive ketones (excluding diaryl/α,β-unsaturated/α-hetero) is 1. The van der Waals surface area contributed by atoms with Gasteiger partial charge in [0, 0.05) is 23.4 Å². The summed E-state index contributed by atoms with van der Waals surface area (Å²) in [5.74, 6) is -1.03. The smallest absolute Gasteiger partial charge is 0.416 e. The Morgan fingerprint density at radius 2 is 1.66 bits per heavy atom. The number of hydrogen-bond donors (Lipinski definition) is 2. The quantitative estimate of drug-likeness (QED) is 0.304. The second-order valence-electron chi connectivity index (χ2n) is 9.30. The normalized spacial score (nSPS) is 13.8. The maximum atomic E-state index is 13.4. The molecular formula is C28H25F3N3O4-. The molecule has 2 aromatic carbocycles. The Kier molecular flexibility index (Phi) is 7.80. The molecule has 198 valence electrons. The number of aromatic nitrogens is 1. The third-order valence-electron chi connectivity index (χ3n) is 6.57. The maximum Gasteiger partial charge on any atom is 0.416 e. The highest BCUT2D eigenvalue weighted by Gasteiger charge is 2.33. The lowest BCUT2D eigenvalue weighted by Gasteiger charge is -2.18. The van der Waals surface area contributed by atoms with Crippen LogP contribution in [0.5, 0.6) is 0 Å². The highest BCUT2D eigenvalue weighted by molar-refractivity contribution is 6.12. The summed E-state index contributed by atoms with van der Waals surface area (Å²) in [6, 6.07) is 12.1. The van der Waals surface area contributed by atoms with E-state index in [2.05, 4.69) is 10.3 Å². The minimum Gasteiger partial charge on any atom is -0.530 e. The minimum atomic E-state index is -4.73. The Labute approximate surface area is 217 Å². The Hall–Kier alpha value is -4.21. The molecule has 1 aromatic heterocycles. The number of aryl methyl sites for hydroxylation is 1. The fourth-order valence-electron chi connectivity index (χ4n) is 4.72. The average Bonchev–Trinajstić information content (AvgIpc) is 3.40. The number of carboxylic acid groups (broad SMARTS) is 1. The first kappa shape index (κ1) is 26.8. The van der Waals surface area contributed by atoms with Crippen molar-refractivity contribution in [2.45, 2.75) is 51.1 Å².